The van der Waals surface area contributed by atoms with Gasteiger partial charge in [-0.25, -0.2) is 0 Å². The number of fused-ring (bicyclic) bond motifs is 4. The molecule has 0 saturated heterocycles. The fraction of sp³-hybridized carbons (Fsp3) is 0.590. The van der Waals surface area contributed by atoms with Crippen LogP contribution in [-0.4, -0.2) is 178 Å². The van der Waals surface area contributed by atoms with Crippen LogP contribution in [0.25, 0.3) is 0 Å². The van der Waals surface area contributed by atoms with Gasteiger partial charge in [0.1, 0.15) is 35.4 Å². The second kappa shape index (κ2) is 37.9. The Morgan fingerprint density at radius 2 is 0.979 bits per heavy atom. The van der Waals surface area contributed by atoms with Crippen molar-refractivity contribution >= 4 is 103 Å². The molecule has 2 aromatic carbocycles. The molecule has 0 bridgehead atoms. The first kappa shape index (κ1) is 82.5. The molecule has 0 radical (unpaired) electrons. The first-order valence-corrected chi connectivity index (χ1v) is 39.4. The van der Waals surface area contributed by atoms with Gasteiger partial charge in [-0.1, -0.05) is 69.8 Å². The fourth-order valence-corrected chi connectivity index (χ4v) is 14.5. The summed E-state index contributed by atoms with van der Waals surface area (Å²) in [5.74, 6) is -12.4. The molecule has 2 aliphatic heterocycles. The third-order valence-corrected chi connectivity index (χ3v) is 20.5. The van der Waals surface area contributed by atoms with Gasteiger partial charge in [-0.2, -0.15) is 42.1 Å². The van der Waals surface area contributed by atoms with Crippen molar-refractivity contribution in [2.75, 3.05) is 53.7 Å². The third-order valence-electron chi connectivity index (χ3n) is 16.5. The summed E-state index contributed by atoms with van der Waals surface area (Å²) < 4.78 is 173. The molecule has 36 heteroatoms. The Morgan fingerprint density at radius 3 is 1.53 bits per heavy atom. The van der Waals surface area contributed by atoms with E-state index in [0.717, 1.165) is 0 Å². The highest BCUT2D eigenvalue weighted by Gasteiger charge is 2.44. The van der Waals surface area contributed by atoms with Gasteiger partial charge in [0, 0.05) is 74.3 Å². The molecule has 31 nitrogen and oxygen atoms in total. The summed E-state index contributed by atoms with van der Waals surface area (Å²) >= 11 is 0. The number of unbranched alkanes of at least 4 members (excludes halogenated alkanes) is 4. The minimum Gasteiger partial charge on any atom is -0.481 e. The van der Waals surface area contributed by atoms with E-state index in [4.69, 9.17) is 0 Å². The number of benzene rings is 2. The van der Waals surface area contributed by atoms with Crippen molar-refractivity contribution in [1.29, 1.82) is 0 Å². The zero-order valence-electron chi connectivity index (χ0n) is 54.1. The molecule has 5 unspecified atom stereocenters. The van der Waals surface area contributed by atoms with Crippen LogP contribution >= 0.6 is 0 Å². The number of nitrogens with one attached hydrogen (secondary N) is 6. The molecule has 0 aromatic heterocycles. The molecule has 4 rings (SSSR count). The average molecular weight is 1470 g/mol. The molecular weight excluding hydrogens is 1380 g/mol. The molecule has 13 N–H and O–H groups in total. The van der Waals surface area contributed by atoms with Crippen molar-refractivity contribution in [1.82, 2.24) is 26.6 Å². The lowest BCUT2D eigenvalue weighted by Crippen LogP contribution is -2.60. The maximum Gasteiger partial charge on any atom is 0.303 e. The number of carboxylic acid groups (broad SMARTS) is 2. The number of nitrogens with zero attached hydrogens (tertiary/aromatic N) is 1. The first-order valence-electron chi connectivity index (χ1n) is 31.7. The molecule has 544 valence electrons. The Bertz CT molecular complexity index is 3790. The van der Waals surface area contributed by atoms with Crippen LogP contribution in [0, 0.1) is 0 Å². The van der Waals surface area contributed by atoms with Crippen molar-refractivity contribution in [2.24, 2.45) is 0 Å². The number of rotatable bonds is 20. The zero-order valence-corrected chi connectivity index (χ0v) is 58.2. The average Bonchev–Trinajstić information content (AvgIpc) is 1.59. The van der Waals surface area contributed by atoms with Crippen LogP contribution in [0.15, 0.2) is 82.3 Å². The standard InChI is InChI=1S/C61H91N7O24S5/c1-60(32-16-5-13-25-55(71)72)31-15-4-3-10-22-52-61(2,33-17-6-14-26-56(73)74)46-39-44(97(90,91)92)28-30-51(46)68(52)37-21-8-12-24-54(70)65-49(41-94(81,82)83)58(76)67-50(42-95(84,85)86)59(77)66-48(40-93(78,79)80)57(75)64-36-20-9-19-35-63-53(69)23-11-7-18-34-62-47-29-27-43(38-45(47)60)96(87,88)89/h3-4,10,15,22,27-30,38-39,48-50,62H,5-9,11-14,16-21,23-26,31-37,40-42H2,1-2H3,(H,63,69)(H,64,75)(H,65,70)(H,66,77)(H,67,76)(H,71,72)(H,73,74)(H,78,79,80)(H,81,82,83)(H,84,85,86)(H,87,88,89)(H,90,91,92)/b10-3+,15-4+,52-22+. The molecule has 97 heavy (non-hydrogen) atoms. The highest BCUT2D eigenvalue weighted by Crippen LogP contribution is 2.51. The van der Waals surface area contributed by atoms with Crippen molar-refractivity contribution in [3.8, 4) is 0 Å². The number of carbonyl (C=O) groups excluding carboxylic acids is 5. The van der Waals surface area contributed by atoms with Gasteiger partial charge < -0.3 is 47.0 Å². The molecule has 0 saturated carbocycles. The smallest absolute Gasteiger partial charge is 0.303 e. The highest BCUT2D eigenvalue weighted by molar-refractivity contribution is 7.86. The van der Waals surface area contributed by atoms with Crippen molar-refractivity contribution in [2.45, 2.75) is 194 Å². The summed E-state index contributed by atoms with van der Waals surface area (Å²) in [7, 11) is -24.9. The summed E-state index contributed by atoms with van der Waals surface area (Å²) in [6.07, 6.45) is 15.6. The summed E-state index contributed by atoms with van der Waals surface area (Å²) in [5, 5.41) is 33.1. The molecule has 0 spiro atoms. The summed E-state index contributed by atoms with van der Waals surface area (Å²) in [5.41, 5.74) is 0.991. The second-order valence-corrected chi connectivity index (χ2v) is 31.9. The molecule has 2 aromatic rings. The number of allylic oxidation sites excluding steroid dienone is 6. The van der Waals surface area contributed by atoms with Crippen LogP contribution in [0.4, 0.5) is 11.4 Å². The van der Waals surface area contributed by atoms with E-state index in [1.807, 2.05) is 35.5 Å². The maximum atomic E-state index is 13.7. The van der Waals surface area contributed by atoms with Gasteiger partial charge >= 0.3 is 11.9 Å². The number of anilines is 2. The summed E-state index contributed by atoms with van der Waals surface area (Å²) in [6, 6.07) is 1.48. The lowest BCUT2D eigenvalue weighted by Gasteiger charge is -2.32. The molecule has 0 fully saturated rings. The van der Waals surface area contributed by atoms with Crippen LogP contribution in [0.3, 0.4) is 0 Å². The Balaban J connectivity index is 1.78. The largest absolute Gasteiger partial charge is 0.481 e. The number of carbonyl (C=O) groups is 7. The van der Waals surface area contributed by atoms with E-state index >= 15 is 0 Å². The first-order chi connectivity index (χ1) is 45.2. The van der Waals surface area contributed by atoms with Gasteiger partial charge in [0.2, 0.25) is 29.5 Å². The lowest BCUT2D eigenvalue weighted by atomic mass is 9.74. The molecule has 0 aliphatic carbocycles. The Hall–Kier alpha value is -6.90. The van der Waals surface area contributed by atoms with Gasteiger partial charge in [0.05, 0.1) is 9.79 Å². The molecule has 5 amide bonds. The number of amides is 5. The zero-order chi connectivity index (χ0) is 72.4. The second-order valence-electron chi connectivity index (χ2n) is 24.6. The van der Waals surface area contributed by atoms with Gasteiger partial charge in [-0.05, 0) is 143 Å². The number of carboxylic acids is 2. The molecule has 5 atom stereocenters. The summed E-state index contributed by atoms with van der Waals surface area (Å²) in [6.45, 7) is 4.46. The topological polar surface area (TPSA) is 507 Å². The van der Waals surface area contributed by atoms with Crippen molar-refractivity contribution in [3.05, 3.63) is 83.6 Å². The van der Waals surface area contributed by atoms with Gasteiger partial charge in [0.15, 0.2) is 0 Å². The van der Waals surface area contributed by atoms with E-state index in [1.54, 1.807) is 30.4 Å². The summed E-state index contributed by atoms with van der Waals surface area (Å²) in [4.78, 5) is 90.7. The van der Waals surface area contributed by atoms with Crippen LogP contribution in [-0.2, 0) is 95.0 Å². The monoisotopic (exact) mass is 1470 g/mol. The number of aliphatic carboxylic acids is 2. The molecule has 2 heterocycles. The minimum atomic E-state index is -5.25. The van der Waals surface area contributed by atoms with E-state index in [9.17, 15) is 109 Å². The molecule has 2 aliphatic rings. The Labute approximate surface area is 566 Å². The van der Waals surface area contributed by atoms with Crippen LogP contribution in [0.5, 0.6) is 0 Å². The third kappa shape index (κ3) is 29.6. The van der Waals surface area contributed by atoms with E-state index in [2.05, 4.69) is 21.3 Å². The van der Waals surface area contributed by atoms with Gasteiger partial charge in [-0.3, -0.25) is 56.3 Å². The van der Waals surface area contributed by atoms with Gasteiger partial charge in [-0.15, -0.1) is 0 Å². The normalized spacial score (nSPS) is 23.5. The van der Waals surface area contributed by atoms with Crippen molar-refractivity contribution in [3.63, 3.8) is 0 Å². The lowest BCUT2D eigenvalue weighted by molar-refractivity contribution is -0.138. The SMILES string of the molecule is CC1(CCCCCC(=O)O)C/C=C/C=C/C=C2/N(CCCCCC(=O)NC(CS(=O)(=O)O)C(=O)NC(CS(=O)(=O)O)C(=O)NC(CS(=O)(=O)O)C(=O)NCCCCCNC(=O)CCCCCNc3ccc(S(=O)(=O)O)cc31)c1ccc(S(=O)(=O)O)cc1C2(C)CCCCCC(=O)O. The minimum absolute atomic E-state index is 0.0428. The predicted molar refractivity (Wildman–Crippen MR) is 357 cm³/mol. The predicted octanol–water partition coefficient (Wildman–Crippen LogP) is 4.74. The fourth-order valence-electron chi connectivity index (χ4n) is 11.5. The number of hydrogen-bond acceptors (Lipinski definition) is 19. The van der Waals surface area contributed by atoms with E-state index in [-0.39, 0.29) is 69.0 Å². The number of hydrogen-bond donors (Lipinski definition) is 13. The van der Waals surface area contributed by atoms with E-state index in [1.165, 1.54) is 30.3 Å². The van der Waals surface area contributed by atoms with Crippen molar-refractivity contribution < 1.29 is 109 Å². The highest BCUT2D eigenvalue weighted by atomic mass is 32.2. The Morgan fingerprint density at radius 1 is 0.505 bits per heavy atom. The van der Waals surface area contributed by atoms with Crippen LogP contribution in [0.2, 0.25) is 0 Å². The van der Waals surface area contributed by atoms with E-state index in [0.29, 0.717) is 131 Å². The van der Waals surface area contributed by atoms with Crippen LogP contribution < -0.4 is 36.8 Å². The molecular formula is C61H91N7O24S5. The van der Waals surface area contributed by atoms with Gasteiger partial charge in [0.25, 0.3) is 50.6 Å². The van der Waals surface area contributed by atoms with Crippen LogP contribution in [0.1, 0.15) is 166 Å². The maximum absolute atomic E-state index is 13.7. The van der Waals surface area contributed by atoms with E-state index < -0.39 is 144 Å². The quantitative estimate of drug-likeness (QED) is 0.0629. The Kier molecular flexibility index (Phi) is 32.2.